The fourth-order valence-corrected chi connectivity index (χ4v) is 7.79. The van der Waals surface area contributed by atoms with E-state index in [1.54, 1.807) is 60.3 Å². The molecule has 2 saturated heterocycles. The van der Waals surface area contributed by atoms with E-state index >= 15 is 0 Å². The highest BCUT2D eigenvalue weighted by Gasteiger charge is 2.31. The maximum Gasteiger partial charge on any atom is 0.181 e. The van der Waals surface area contributed by atoms with Crippen LogP contribution in [-0.4, -0.2) is 76.5 Å². The average molecular weight is 677 g/mol. The number of aliphatic hydroxyl groups excluding tert-OH is 2. The van der Waals surface area contributed by atoms with Crippen LogP contribution >= 0.6 is 11.8 Å². The molecule has 4 aromatic carbocycles. The molecule has 0 aromatic heterocycles. The molecule has 0 amide bonds. The number of hydrogen-bond donors (Lipinski definition) is 2. The molecule has 12 heteroatoms. The van der Waals surface area contributed by atoms with Gasteiger partial charge in [-0.1, -0.05) is 43.8 Å². The molecule has 6 rings (SSSR count). The van der Waals surface area contributed by atoms with Gasteiger partial charge in [-0.2, -0.15) is 11.8 Å². The van der Waals surface area contributed by atoms with Gasteiger partial charge in [0, 0.05) is 25.2 Å². The Hall–Kier alpha value is -3.39. The lowest BCUT2D eigenvalue weighted by Crippen LogP contribution is -2.11. The molecule has 2 heterocycles. The summed E-state index contributed by atoms with van der Waals surface area (Å²) < 4.78 is 64.5. The summed E-state index contributed by atoms with van der Waals surface area (Å²) in [5, 5.41) is 14.3. The van der Waals surface area contributed by atoms with E-state index in [9.17, 15) is 16.8 Å². The van der Waals surface area contributed by atoms with Gasteiger partial charge >= 0.3 is 0 Å². The number of para-hydroxylation sites is 2. The number of thioether (sulfide) groups is 1. The molecule has 2 N–H and O–H groups in total. The molecule has 0 bridgehead atoms. The average Bonchev–Trinajstić information content (AvgIpc) is 4.00. The van der Waals surface area contributed by atoms with E-state index in [1.165, 1.54) is 0 Å². The summed E-state index contributed by atoms with van der Waals surface area (Å²) in [5.74, 6) is 3.93. The number of aliphatic hydroxyl groups is 2. The van der Waals surface area contributed by atoms with Gasteiger partial charge in [-0.25, -0.2) is 16.8 Å². The fraction of sp³-hybridized carbons (Fsp3) is 0.273. The second-order valence-corrected chi connectivity index (χ2v) is 14.6. The van der Waals surface area contributed by atoms with Gasteiger partial charge in [0.05, 0.1) is 34.0 Å². The van der Waals surface area contributed by atoms with E-state index in [4.69, 9.17) is 24.4 Å². The number of ether oxygens (including phenoxy) is 3. The number of rotatable bonds is 10. The normalized spacial score (nSPS) is 16.0. The molecule has 0 spiro atoms. The molecule has 0 radical (unpaired) electrons. The van der Waals surface area contributed by atoms with Crippen molar-refractivity contribution in [1.82, 2.24) is 0 Å². The molecular weight excluding hydrogens is 637 g/mol. The third-order valence-corrected chi connectivity index (χ3v) is 10.8. The van der Waals surface area contributed by atoms with E-state index in [0.717, 1.165) is 31.5 Å². The van der Waals surface area contributed by atoms with E-state index < -0.39 is 19.7 Å². The third kappa shape index (κ3) is 12.9. The van der Waals surface area contributed by atoms with Crippen LogP contribution in [0, 0.1) is 0 Å². The van der Waals surface area contributed by atoms with Crippen molar-refractivity contribution >= 4 is 31.4 Å². The molecule has 9 nitrogen and oxygen atoms in total. The van der Waals surface area contributed by atoms with Gasteiger partial charge in [0.2, 0.25) is 0 Å². The summed E-state index contributed by atoms with van der Waals surface area (Å²) in [6.07, 6.45) is -0.139. The van der Waals surface area contributed by atoms with Crippen LogP contribution in [0.2, 0.25) is 0 Å². The van der Waals surface area contributed by atoms with Crippen molar-refractivity contribution in [3.63, 3.8) is 0 Å². The summed E-state index contributed by atoms with van der Waals surface area (Å²) in [4.78, 5) is 0.666. The lowest BCUT2D eigenvalue weighted by atomic mass is 10.3. The lowest BCUT2D eigenvalue weighted by Gasteiger charge is -2.07. The summed E-state index contributed by atoms with van der Waals surface area (Å²) in [6, 6.07) is 31.8. The van der Waals surface area contributed by atoms with Gasteiger partial charge in [-0.15, -0.1) is 0 Å². The van der Waals surface area contributed by atoms with E-state index in [1.807, 2.05) is 60.7 Å². The number of epoxide rings is 1. The maximum absolute atomic E-state index is 12.1. The second kappa shape index (κ2) is 18.5. The molecule has 2 aliphatic heterocycles. The molecule has 45 heavy (non-hydrogen) atoms. The van der Waals surface area contributed by atoms with Crippen LogP contribution < -0.4 is 9.47 Å². The first kappa shape index (κ1) is 37.8. The summed E-state index contributed by atoms with van der Waals surface area (Å²) in [6.45, 7) is 0.536. The molecule has 2 atom stereocenters. The van der Waals surface area contributed by atoms with Crippen LogP contribution in [0.4, 0.5) is 0 Å². The Bertz CT molecular complexity index is 1480. The van der Waals surface area contributed by atoms with Gasteiger partial charge in [-0.05, 0) is 72.8 Å². The minimum atomic E-state index is -3.27. The monoisotopic (exact) mass is 676 g/mol. The van der Waals surface area contributed by atoms with Crippen molar-refractivity contribution in [1.29, 1.82) is 0 Å². The molecule has 2 unspecified atom stereocenters. The Morgan fingerprint density at radius 2 is 0.956 bits per heavy atom. The van der Waals surface area contributed by atoms with Crippen LogP contribution in [0.1, 0.15) is 7.43 Å². The highest BCUT2D eigenvalue weighted by molar-refractivity contribution is 8.08. The van der Waals surface area contributed by atoms with Crippen LogP contribution in [-0.2, 0) is 24.4 Å². The van der Waals surface area contributed by atoms with Crippen molar-refractivity contribution < 1.29 is 41.3 Å². The van der Waals surface area contributed by atoms with E-state index in [0.29, 0.717) is 27.9 Å². The molecule has 0 saturated carbocycles. The molecular formula is C33H40O9S3. The Labute approximate surface area is 270 Å². The van der Waals surface area contributed by atoms with Crippen LogP contribution in [0.15, 0.2) is 119 Å². The molecule has 2 aliphatic rings. The molecule has 2 fully saturated rings. The van der Waals surface area contributed by atoms with Gasteiger partial charge in [-0.3, -0.25) is 0 Å². The summed E-state index contributed by atoms with van der Waals surface area (Å²) in [7, 11) is -4.43. The van der Waals surface area contributed by atoms with Gasteiger partial charge < -0.3 is 24.4 Å². The van der Waals surface area contributed by atoms with Crippen molar-refractivity contribution in [2.45, 2.75) is 28.6 Å². The van der Waals surface area contributed by atoms with Crippen molar-refractivity contribution in [3.8, 4) is 23.0 Å². The maximum atomic E-state index is 12.1. The SMILES string of the molecule is C.CO.CO.O=S(=O)(CC1CO1)c1ccc(Oc2ccccc2)cc1.O=S(=O)(CC1CS1)c1ccc(Oc2ccccc2)cc1. The Kier molecular flexibility index (Phi) is 15.6. The molecule has 244 valence electrons. The minimum Gasteiger partial charge on any atom is -0.457 e. The summed E-state index contributed by atoms with van der Waals surface area (Å²) in [5.41, 5.74) is 0. The quantitative estimate of drug-likeness (QED) is 0.196. The van der Waals surface area contributed by atoms with E-state index in [-0.39, 0.29) is 30.3 Å². The zero-order valence-corrected chi connectivity index (χ0v) is 26.8. The van der Waals surface area contributed by atoms with Crippen LogP contribution in [0.5, 0.6) is 23.0 Å². The Morgan fingerprint density at radius 3 is 1.29 bits per heavy atom. The first-order valence-corrected chi connectivity index (χ1v) is 17.9. The topological polar surface area (TPSA) is 140 Å². The largest absolute Gasteiger partial charge is 0.457 e. The third-order valence-electron chi connectivity index (χ3n) is 5.94. The van der Waals surface area contributed by atoms with Crippen molar-refractivity contribution in [2.24, 2.45) is 0 Å². The smallest absolute Gasteiger partial charge is 0.181 e. The standard InChI is InChI=1S/C15H14O4S.C15H14O3S2.2CH4O.CH4/c16-20(17,11-14-10-18-14)15-8-6-13(7-9-15)19-12-4-2-1-3-5-12;16-20(17,11-14-10-19-14)15-8-6-13(7-9-15)18-12-4-2-1-3-5-12;2*1-2;/h2*1-9,14H,10-11H2;2*2H,1H3;1H4. The lowest BCUT2D eigenvalue weighted by molar-refractivity contribution is 0.399. The first-order valence-electron chi connectivity index (χ1n) is 13.5. The number of benzene rings is 4. The second-order valence-electron chi connectivity index (χ2n) is 9.25. The van der Waals surface area contributed by atoms with Gasteiger partial charge in [0.25, 0.3) is 0 Å². The highest BCUT2D eigenvalue weighted by Crippen LogP contribution is 2.33. The molecule has 4 aromatic rings. The Morgan fingerprint density at radius 1 is 0.622 bits per heavy atom. The highest BCUT2D eigenvalue weighted by atomic mass is 32.2. The van der Waals surface area contributed by atoms with Crippen molar-refractivity contribution in [3.05, 3.63) is 109 Å². The predicted molar refractivity (Wildman–Crippen MR) is 179 cm³/mol. The van der Waals surface area contributed by atoms with E-state index in [2.05, 4.69) is 0 Å². The molecule has 0 aliphatic carbocycles. The zero-order chi connectivity index (χ0) is 32.0. The fourth-order valence-electron chi connectivity index (χ4n) is 3.69. The first-order chi connectivity index (χ1) is 21.3. The zero-order valence-electron chi connectivity index (χ0n) is 24.4. The number of sulfone groups is 2. The van der Waals surface area contributed by atoms with Gasteiger partial charge in [0.1, 0.15) is 23.0 Å². The van der Waals surface area contributed by atoms with Crippen LogP contribution in [0.3, 0.4) is 0 Å². The summed E-state index contributed by atoms with van der Waals surface area (Å²) >= 11 is 1.69. The number of hydrogen-bond acceptors (Lipinski definition) is 10. The Balaban J connectivity index is 0.000000277. The van der Waals surface area contributed by atoms with Crippen molar-refractivity contribution in [2.75, 3.05) is 38.1 Å². The van der Waals surface area contributed by atoms with Gasteiger partial charge in [0.15, 0.2) is 19.7 Å². The minimum absolute atomic E-state index is 0. The van der Waals surface area contributed by atoms with Crippen LogP contribution in [0.25, 0.3) is 0 Å². The predicted octanol–water partition coefficient (Wildman–Crippen LogP) is 5.87.